The van der Waals surface area contributed by atoms with Gasteiger partial charge in [0.05, 0.1) is 5.92 Å². The van der Waals surface area contributed by atoms with Gasteiger partial charge < -0.3 is 8.94 Å². The van der Waals surface area contributed by atoms with Crippen molar-refractivity contribution >= 4 is 11.0 Å². The number of likely N-dealkylation sites (tertiary alicyclic amines) is 1. The minimum atomic E-state index is -0.331. The van der Waals surface area contributed by atoms with Crippen LogP contribution in [0.5, 0.6) is 0 Å². The van der Waals surface area contributed by atoms with E-state index in [1.165, 1.54) is 12.1 Å². The SMILES string of the molecule is Cc1ccc2c(CN3CCCC(c4nc(-c5cccc(F)c5)no4)C3)cc(=O)oc2c1C. The molecule has 2 aromatic carbocycles. The Hall–Kier alpha value is -3.32. The van der Waals surface area contributed by atoms with Crippen molar-refractivity contribution in [3.8, 4) is 11.4 Å². The van der Waals surface area contributed by atoms with Crippen LogP contribution in [0.1, 0.15) is 41.3 Å². The maximum absolute atomic E-state index is 13.5. The average molecular weight is 433 g/mol. The zero-order chi connectivity index (χ0) is 22.2. The summed E-state index contributed by atoms with van der Waals surface area (Å²) in [5.74, 6) is 0.726. The zero-order valence-electron chi connectivity index (χ0n) is 18.1. The van der Waals surface area contributed by atoms with Crippen LogP contribution in [0.4, 0.5) is 4.39 Å². The molecule has 1 saturated heterocycles. The molecule has 0 amide bonds. The largest absolute Gasteiger partial charge is 0.422 e. The van der Waals surface area contributed by atoms with Crippen molar-refractivity contribution in [2.75, 3.05) is 13.1 Å². The average Bonchev–Trinajstić information content (AvgIpc) is 3.27. The predicted octanol–water partition coefficient (Wildman–Crippen LogP) is 4.98. The monoisotopic (exact) mass is 433 g/mol. The Morgan fingerprint density at radius 3 is 2.91 bits per heavy atom. The van der Waals surface area contributed by atoms with Crippen LogP contribution in [0.15, 0.2) is 56.2 Å². The highest BCUT2D eigenvalue weighted by Gasteiger charge is 2.27. The molecule has 0 radical (unpaired) electrons. The van der Waals surface area contributed by atoms with Crippen LogP contribution in [0.25, 0.3) is 22.4 Å². The third-order valence-electron chi connectivity index (χ3n) is 6.29. The van der Waals surface area contributed by atoms with E-state index in [2.05, 4.69) is 21.1 Å². The van der Waals surface area contributed by atoms with Crippen LogP contribution in [-0.4, -0.2) is 28.1 Å². The van der Waals surface area contributed by atoms with Gasteiger partial charge in [-0.1, -0.05) is 29.4 Å². The van der Waals surface area contributed by atoms with Gasteiger partial charge in [0.2, 0.25) is 11.7 Å². The number of rotatable bonds is 4. The maximum Gasteiger partial charge on any atom is 0.336 e. The predicted molar refractivity (Wildman–Crippen MR) is 119 cm³/mol. The van der Waals surface area contributed by atoms with E-state index in [0.717, 1.165) is 48.0 Å². The molecule has 32 heavy (non-hydrogen) atoms. The molecule has 0 spiro atoms. The van der Waals surface area contributed by atoms with Crippen molar-refractivity contribution in [3.05, 3.63) is 81.3 Å². The lowest BCUT2D eigenvalue weighted by molar-refractivity contribution is 0.180. The van der Waals surface area contributed by atoms with Crippen LogP contribution in [0, 0.1) is 19.7 Å². The van der Waals surface area contributed by atoms with Crippen LogP contribution in [0.3, 0.4) is 0 Å². The van der Waals surface area contributed by atoms with Crippen LogP contribution >= 0.6 is 0 Å². The molecule has 0 saturated carbocycles. The van der Waals surface area contributed by atoms with Gasteiger partial charge in [0.15, 0.2) is 0 Å². The van der Waals surface area contributed by atoms with E-state index in [4.69, 9.17) is 8.94 Å². The fraction of sp³-hybridized carbons (Fsp3) is 0.320. The number of hydrogen-bond donors (Lipinski definition) is 0. The molecule has 1 aliphatic rings. The highest BCUT2D eigenvalue weighted by atomic mass is 19.1. The lowest BCUT2D eigenvalue weighted by Gasteiger charge is -2.31. The third kappa shape index (κ3) is 3.96. The van der Waals surface area contributed by atoms with E-state index in [-0.39, 0.29) is 17.4 Å². The fourth-order valence-electron chi connectivity index (χ4n) is 4.44. The molecule has 1 fully saturated rings. The zero-order valence-corrected chi connectivity index (χ0v) is 18.1. The van der Waals surface area contributed by atoms with Crippen molar-refractivity contribution in [3.63, 3.8) is 0 Å². The summed E-state index contributed by atoms with van der Waals surface area (Å²) in [5.41, 5.74) is 3.99. The van der Waals surface area contributed by atoms with E-state index < -0.39 is 0 Å². The fourth-order valence-corrected chi connectivity index (χ4v) is 4.44. The molecular weight excluding hydrogens is 409 g/mol. The number of halogens is 1. The van der Waals surface area contributed by atoms with Gasteiger partial charge in [-0.15, -0.1) is 0 Å². The second-order valence-corrected chi connectivity index (χ2v) is 8.52. The molecular formula is C25H24FN3O3. The number of piperidine rings is 1. The molecule has 7 heteroatoms. The summed E-state index contributed by atoms with van der Waals surface area (Å²) in [6.07, 6.45) is 1.93. The Kier molecular flexibility index (Phi) is 5.35. The molecule has 164 valence electrons. The smallest absolute Gasteiger partial charge is 0.336 e. The molecule has 0 N–H and O–H groups in total. The number of aromatic nitrogens is 2. The van der Waals surface area contributed by atoms with Gasteiger partial charge >= 0.3 is 5.63 Å². The first-order valence-corrected chi connectivity index (χ1v) is 10.8. The second-order valence-electron chi connectivity index (χ2n) is 8.52. The maximum atomic E-state index is 13.5. The highest BCUT2D eigenvalue weighted by molar-refractivity contribution is 5.83. The minimum Gasteiger partial charge on any atom is -0.422 e. The van der Waals surface area contributed by atoms with Gasteiger partial charge in [0.1, 0.15) is 11.4 Å². The van der Waals surface area contributed by atoms with E-state index in [9.17, 15) is 9.18 Å². The Bertz CT molecular complexity index is 1340. The Labute approximate surface area is 184 Å². The van der Waals surface area contributed by atoms with Crippen molar-refractivity contribution in [1.29, 1.82) is 0 Å². The molecule has 3 heterocycles. The molecule has 1 aliphatic heterocycles. The van der Waals surface area contributed by atoms with Crippen molar-refractivity contribution in [2.45, 2.75) is 39.2 Å². The number of nitrogens with zero attached hydrogens (tertiary/aromatic N) is 3. The molecule has 5 rings (SSSR count). The van der Waals surface area contributed by atoms with Crippen molar-refractivity contribution in [2.24, 2.45) is 0 Å². The first kappa shape index (κ1) is 20.6. The van der Waals surface area contributed by atoms with Crippen LogP contribution in [-0.2, 0) is 6.54 Å². The third-order valence-corrected chi connectivity index (χ3v) is 6.29. The topological polar surface area (TPSA) is 72.4 Å². The van der Waals surface area contributed by atoms with Gasteiger partial charge in [0, 0.05) is 30.1 Å². The van der Waals surface area contributed by atoms with E-state index in [0.29, 0.717) is 29.4 Å². The number of aryl methyl sites for hydroxylation is 2. The van der Waals surface area contributed by atoms with Crippen molar-refractivity contribution < 1.29 is 13.3 Å². The van der Waals surface area contributed by atoms with E-state index >= 15 is 0 Å². The Morgan fingerprint density at radius 2 is 2.06 bits per heavy atom. The summed E-state index contributed by atoms with van der Waals surface area (Å²) in [7, 11) is 0. The normalized spacial score (nSPS) is 17.2. The van der Waals surface area contributed by atoms with Crippen LogP contribution in [0.2, 0.25) is 0 Å². The lowest BCUT2D eigenvalue weighted by Crippen LogP contribution is -2.34. The quantitative estimate of drug-likeness (QED) is 0.423. The molecule has 1 unspecified atom stereocenters. The standard InChI is InChI=1S/C25H24FN3O3/c1-15-8-9-21-19(12-22(30)31-23(21)16(15)2)14-29-10-4-6-18(13-29)25-27-24(28-32-25)17-5-3-7-20(26)11-17/h3,5,7-9,11-12,18H,4,6,10,13-14H2,1-2H3. The highest BCUT2D eigenvalue weighted by Crippen LogP contribution is 2.30. The minimum absolute atomic E-state index is 0.0916. The first-order valence-electron chi connectivity index (χ1n) is 10.8. The number of hydrogen-bond acceptors (Lipinski definition) is 6. The molecule has 1 atom stereocenters. The summed E-state index contributed by atoms with van der Waals surface area (Å²) >= 11 is 0. The summed E-state index contributed by atoms with van der Waals surface area (Å²) in [6.45, 7) is 6.31. The van der Waals surface area contributed by atoms with Gasteiger partial charge in [-0.2, -0.15) is 4.98 Å². The number of benzene rings is 2. The van der Waals surface area contributed by atoms with Gasteiger partial charge in [-0.05, 0) is 62.1 Å². The summed E-state index contributed by atoms with van der Waals surface area (Å²) in [6, 6.07) is 11.9. The summed E-state index contributed by atoms with van der Waals surface area (Å²) in [4.78, 5) is 19.1. The van der Waals surface area contributed by atoms with Gasteiger partial charge in [-0.3, -0.25) is 4.90 Å². The van der Waals surface area contributed by atoms with Crippen LogP contribution < -0.4 is 5.63 Å². The number of fused-ring (bicyclic) bond motifs is 1. The lowest BCUT2D eigenvalue weighted by atomic mass is 9.96. The first-order chi connectivity index (χ1) is 15.5. The molecule has 0 bridgehead atoms. The van der Waals surface area contributed by atoms with Crippen molar-refractivity contribution in [1.82, 2.24) is 15.0 Å². The molecule has 2 aromatic heterocycles. The van der Waals surface area contributed by atoms with E-state index in [1.807, 2.05) is 19.9 Å². The second kappa shape index (κ2) is 8.31. The summed E-state index contributed by atoms with van der Waals surface area (Å²) < 4.78 is 24.6. The molecule has 4 aromatic rings. The van der Waals surface area contributed by atoms with E-state index in [1.54, 1.807) is 18.2 Å². The molecule has 0 aliphatic carbocycles. The molecule has 6 nitrogen and oxygen atoms in total. The Morgan fingerprint density at radius 1 is 1.19 bits per heavy atom. The Balaban J connectivity index is 1.38. The van der Waals surface area contributed by atoms with Gasteiger partial charge in [-0.25, -0.2) is 9.18 Å². The van der Waals surface area contributed by atoms with Gasteiger partial charge in [0.25, 0.3) is 0 Å². The summed E-state index contributed by atoms with van der Waals surface area (Å²) in [5, 5.41) is 5.03.